The van der Waals surface area contributed by atoms with Gasteiger partial charge in [-0.1, -0.05) is 24.3 Å². The molecule has 0 atom stereocenters. The molecule has 0 bridgehead atoms. The van der Waals surface area contributed by atoms with Crippen LogP contribution in [0.15, 0.2) is 54.6 Å². The predicted octanol–water partition coefficient (Wildman–Crippen LogP) is 3.15. The number of nitrogens with zero attached hydrogens (tertiary/aromatic N) is 2. The number of hydrogen-bond acceptors (Lipinski definition) is 3. The van der Waals surface area contributed by atoms with Gasteiger partial charge in [-0.25, -0.2) is 0 Å². The Morgan fingerprint density at radius 1 is 1.14 bits per heavy atom. The highest BCUT2D eigenvalue weighted by atomic mass is 15.2. The standard InChI is InChI=1S/C18H20N4/c1-13-9-17(11-20-10-13)15-3-5-16(6-4-15)18(19)22-8-7-21-14(2)12-22/h3-6,9-12,19,21H,7-8H2,1-2H3. The van der Waals surface area contributed by atoms with E-state index in [1.54, 1.807) is 0 Å². The molecule has 0 unspecified atom stereocenters. The summed E-state index contributed by atoms with van der Waals surface area (Å²) in [5, 5.41) is 11.6. The van der Waals surface area contributed by atoms with Gasteiger partial charge in [0.2, 0.25) is 0 Å². The molecule has 2 heterocycles. The van der Waals surface area contributed by atoms with Crippen LogP contribution >= 0.6 is 0 Å². The summed E-state index contributed by atoms with van der Waals surface area (Å²) in [5.41, 5.74) is 5.40. The third-order valence-corrected chi connectivity index (χ3v) is 3.76. The molecule has 2 N–H and O–H groups in total. The Morgan fingerprint density at radius 3 is 2.59 bits per heavy atom. The molecular formula is C18H20N4. The van der Waals surface area contributed by atoms with Crippen LogP contribution in [-0.4, -0.2) is 28.8 Å². The molecule has 4 nitrogen and oxygen atoms in total. The minimum atomic E-state index is 0.537. The Bertz CT molecular complexity index is 716. The van der Waals surface area contributed by atoms with Crippen LogP contribution < -0.4 is 5.32 Å². The second-order valence-electron chi connectivity index (χ2n) is 5.61. The molecule has 0 amide bonds. The second-order valence-corrected chi connectivity index (χ2v) is 5.61. The Kier molecular flexibility index (Phi) is 3.92. The van der Waals surface area contributed by atoms with E-state index in [0.717, 1.165) is 41.0 Å². The maximum absolute atomic E-state index is 8.36. The van der Waals surface area contributed by atoms with E-state index in [1.165, 1.54) is 0 Å². The van der Waals surface area contributed by atoms with Crippen LogP contribution in [0.5, 0.6) is 0 Å². The third kappa shape index (κ3) is 3.01. The van der Waals surface area contributed by atoms with Crippen molar-refractivity contribution in [1.82, 2.24) is 15.2 Å². The minimum Gasteiger partial charge on any atom is -0.386 e. The largest absolute Gasteiger partial charge is 0.386 e. The van der Waals surface area contributed by atoms with Gasteiger partial charge in [-0.3, -0.25) is 10.4 Å². The van der Waals surface area contributed by atoms with Gasteiger partial charge in [-0.2, -0.15) is 0 Å². The maximum atomic E-state index is 8.36. The molecule has 0 aliphatic carbocycles. The molecule has 1 aromatic carbocycles. The second kappa shape index (κ2) is 6.02. The van der Waals surface area contributed by atoms with E-state index in [4.69, 9.17) is 5.41 Å². The topological polar surface area (TPSA) is 52.0 Å². The number of aromatic nitrogens is 1. The quantitative estimate of drug-likeness (QED) is 0.660. The average molecular weight is 292 g/mol. The molecular weight excluding hydrogens is 272 g/mol. The first-order valence-corrected chi connectivity index (χ1v) is 7.43. The lowest BCUT2D eigenvalue weighted by atomic mass is 10.0. The predicted molar refractivity (Wildman–Crippen MR) is 89.7 cm³/mol. The van der Waals surface area contributed by atoms with Gasteiger partial charge in [0, 0.05) is 48.5 Å². The molecule has 1 aliphatic heterocycles. The summed E-state index contributed by atoms with van der Waals surface area (Å²) in [5.74, 6) is 0.537. The highest BCUT2D eigenvalue weighted by Crippen LogP contribution is 2.20. The fraction of sp³-hybridized carbons (Fsp3) is 0.222. The molecule has 112 valence electrons. The number of benzene rings is 1. The lowest BCUT2D eigenvalue weighted by molar-refractivity contribution is 0.497. The van der Waals surface area contributed by atoms with Crippen molar-refractivity contribution in [3.05, 3.63) is 65.7 Å². The summed E-state index contributed by atoms with van der Waals surface area (Å²) in [4.78, 5) is 6.22. The molecule has 4 heteroatoms. The summed E-state index contributed by atoms with van der Waals surface area (Å²) >= 11 is 0. The number of hydrogen-bond donors (Lipinski definition) is 2. The molecule has 0 saturated heterocycles. The molecule has 0 fully saturated rings. The summed E-state index contributed by atoms with van der Waals surface area (Å²) in [6.45, 7) is 5.75. The zero-order valence-electron chi connectivity index (χ0n) is 12.9. The number of nitrogens with one attached hydrogen (secondary N) is 2. The van der Waals surface area contributed by atoms with Gasteiger partial charge in [0.05, 0.1) is 0 Å². The highest BCUT2D eigenvalue weighted by molar-refractivity contribution is 5.97. The van der Waals surface area contributed by atoms with Gasteiger partial charge in [0.25, 0.3) is 0 Å². The van der Waals surface area contributed by atoms with Crippen molar-refractivity contribution in [2.45, 2.75) is 13.8 Å². The molecule has 0 radical (unpaired) electrons. The van der Waals surface area contributed by atoms with E-state index < -0.39 is 0 Å². The van der Waals surface area contributed by atoms with E-state index in [1.807, 2.05) is 49.5 Å². The summed E-state index contributed by atoms with van der Waals surface area (Å²) < 4.78 is 0. The Balaban J connectivity index is 1.82. The molecule has 3 rings (SSSR count). The van der Waals surface area contributed by atoms with Gasteiger partial charge >= 0.3 is 0 Å². The lowest BCUT2D eigenvalue weighted by Gasteiger charge is -2.27. The molecule has 1 aromatic heterocycles. The van der Waals surface area contributed by atoms with Crippen LogP contribution in [0.4, 0.5) is 0 Å². The first kappa shape index (κ1) is 14.3. The first-order chi connectivity index (χ1) is 10.6. The molecule has 2 aromatic rings. The van der Waals surface area contributed by atoms with Crippen molar-refractivity contribution in [3.8, 4) is 11.1 Å². The van der Waals surface area contributed by atoms with Crippen LogP contribution in [0.2, 0.25) is 0 Å². The van der Waals surface area contributed by atoms with Crippen LogP contribution in [0.3, 0.4) is 0 Å². The minimum absolute atomic E-state index is 0.537. The molecule has 22 heavy (non-hydrogen) atoms. The third-order valence-electron chi connectivity index (χ3n) is 3.76. The highest BCUT2D eigenvalue weighted by Gasteiger charge is 2.13. The van der Waals surface area contributed by atoms with Crippen molar-refractivity contribution in [1.29, 1.82) is 5.41 Å². The van der Waals surface area contributed by atoms with Crippen molar-refractivity contribution in [2.75, 3.05) is 13.1 Å². The zero-order valence-corrected chi connectivity index (χ0v) is 12.9. The monoisotopic (exact) mass is 292 g/mol. The first-order valence-electron chi connectivity index (χ1n) is 7.43. The van der Waals surface area contributed by atoms with E-state index in [-0.39, 0.29) is 0 Å². The van der Waals surface area contributed by atoms with Crippen molar-refractivity contribution in [2.24, 2.45) is 0 Å². The number of aryl methyl sites for hydroxylation is 1. The van der Waals surface area contributed by atoms with E-state index >= 15 is 0 Å². The number of pyridine rings is 1. The van der Waals surface area contributed by atoms with Crippen molar-refractivity contribution < 1.29 is 0 Å². The number of amidine groups is 1. The van der Waals surface area contributed by atoms with Crippen LogP contribution in [0, 0.1) is 12.3 Å². The van der Waals surface area contributed by atoms with Gasteiger partial charge in [0.1, 0.15) is 5.84 Å². The Morgan fingerprint density at radius 2 is 1.91 bits per heavy atom. The molecule has 1 aliphatic rings. The molecule has 0 spiro atoms. The summed E-state index contributed by atoms with van der Waals surface area (Å²) in [6, 6.07) is 10.2. The van der Waals surface area contributed by atoms with E-state index in [2.05, 4.69) is 28.5 Å². The van der Waals surface area contributed by atoms with Gasteiger partial charge in [-0.05, 0) is 31.0 Å². The summed E-state index contributed by atoms with van der Waals surface area (Å²) in [6.07, 6.45) is 5.71. The van der Waals surface area contributed by atoms with Gasteiger partial charge in [-0.15, -0.1) is 0 Å². The van der Waals surface area contributed by atoms with Crippen LogP contribution in [0.1, 0.15) is 18.1 Å². The van der Waals surface area contributed by atoms with E-state index in [9.17, 15) is 0 Å². The average Bonchev–Trinajstić information content (AvgIpc) is 2.54. The van der Waals surface area contributed by atoms with Crippen LogP contribution in [-0.2, 0) is 0 Å². The molecule has 0 saturated carbocycles. The smallest absolute Gasteiger partial charge is 0.132 e. The maximum Gasteiger partial charge on any atom is 0.132 e. The normalized spacial score (nSPS) is 14.3. The fourth-order valence-corrected chi connectivity index (χ4v) is 2.59. The Labute approximate surface area is 131 Å². The number of rotatable bonds is 2. The zero-order chi connectivity index (χ0) is 15.5. The SMILES string of the molecule is CC1=CN(C(=N)c2ccc(-c3cncc(C)c3)cc2)CCN1. The van der Waals surface area contributed by atoms with Gasteiger partial charge in [0.15, 0.2) is 0 Å². The van der Waals surface area contributed by atoms with E-state index in [0.29, 0.717) is 5.84 Å². The van der Waals surface area contributed by atoms with Crippen LogP contribution in [0.25, 0.3) is 11.1 Å². The van der Waals surface area contributed by atoms with Gasteiger partial charge < -0.3 is 10.2 Å². The van der Waals surface area contributed by atoms with Crippen molar-refractivity contribution in [3.63, 3.8) is 0 Å². The Hall–Kier alpha value is -2.62. The summed E-state index contributed by atoms with van der Waals surface area (Å²) in [7, 11) is 0. The fourth-order valence-electron chi connectivity index (χ4n) is 2.59. The lowest BCUT2D eigenvalue weighted by Crippen LogP contribution is -2.37. The van der Waals surface area contributed by atoms with Crippen molar-refractivity contribution >= 4 is 5.84 Å². The number of allylic oxidation sites excluding steroid dienone is 1.